The van der Waals surface area contributed by atoms with Gasteiger partial charge in [0.25, 0.3) is 11.8 Å². The van der Waals surface area contributed by atoms with Crippen LogP contribution in [0.15, 0.2) is 41.3 Å². The maximum absolute atomic E-state index is 12.7. The number of carbonyl (C=O) groups excluding carboxylic acids is 2. The van der Waals surface area contributed by atoms with Gasteiger partial charge < -0.3 is 20.2 Å². The minimum Gasteiger partial charge on any atom is -0.480 e. The van der Waals surface area contributed by atoms with Crippen molar-refractivity contribution in [1.29, 1.82) is 0 Å². The molecule has 29 heavy (non-hydrogen) atoms. The first kappa shape index (κ1) is 19.9. The summed E-state index contributed by atoms with van der Waals surface area (Å²) in [5.74, 6) is -1.59. The number of carbonyl (C=O) groups is 3. The van der Waals surface area contributed by atoms with Crippen molar-refractivity contribution in [3.05, 3.63) is 54.0 Å². The quantitative estimate of drug-likeness (QED) is 0.520. The molecule has 0 fully saturated rings. The summed E-state index contributed by atoms with van der Waals surface area (Å²) in [6.07, 6.45) is 4.20. The number of amides is 2. The molecule has 1 atom stereocenters. The molecular formula is C18H20N6O5. The molecule has 3 heterocycles. The Labute approximate surface area is 165 Å². The fourth-order valence-electron chi connectivity index (χ4n) is 2.71. The summed E-state index contributed by atoms with van der Waals surface area (Å²) in [5, 5.41) is 22.5. The van der Waals surface area contributed by atoms with Gasteiger partial charge in [0, 0.05) is 12.7 Å². The third kappa shape index (κ3) is 4.18. The molecule has 3 aromatic heterocycles. The number of hydrogen-bond donors (Lipinski definition) is 3. The van der Waals surface area contributed by atoms with E-state index < -0.39 is 23.8 Å². The van der Waals surface area contributed by atoms with E-state index in [4.69, 9.17) is 4.42 Å². The molecule has 3 rings (SSSR count). The second kappa shape index (κ2) is 8.42. The standard InChI is InChI=1S/C18H20N6O5/c1-3-23-15(17(26)19-9-12-5-4-8-29-12)13(10-21-23)22-16(25)14-6-7-20-24(14)11(2)18(27)28/h4-8,10-11H,3,9H2,1-2H3,(H,19,26)(H,22,25)(H,27,28). The van der Waals surface area contributed by atoms with Crippen LogP contribution in [0.3, 0.4) is 0 Å². The molecule has 0 radical (unpaired) electrons. The Morgan fingerprint density at radius 1 is 1.24 bits per heavy atom. The third-order valence-electron chi connectivity index (χ3n) is 4.23. The smallest absolute Gasteiger partial charge is 0.328 e. The highest BCUT2D eigenvalue weighted by Gasteiger charge is 2.24. The van der Waals surface area contributed by atoms with Crippen LogP contribution in [0.2, 0.25) is 0 Å². The summed E-state index contributed by atoms with van der Waals surface area (Å²) in [6.45, 7) is 3.81. The molecule has 0 aliphatic carbocycles. The van der Waals surface area contributed by atoms with E-state index >= 15 is 0 Å². The Kier molecular flexibility index (Phi) is 5.77. The van der Waals surface area contributed by atoms with E-state index in [0.29, 0.717) is 12.3 Å². The van der Waals surface area contributed by atoms with Gasteiger partial charge in [-0.1, -0.05) is 0 Å². The summed E-state index contributed by atoms with van der Waals surface area (Å²) < 4.78 is 7.74. The molecule has 2 amide bonds. The van der Waals surface area contributed by atoms with E-state index in [1.165, 1.54) is 36.3 Å². The maximum atomic E-state index is 12.7. The lowest BCUT2D eigenvalue weighted by Gasteiger charge is -2.12. The normalized spacial score (nSPS) is 11.8. The zero-order chi connectivity index (χ0) is 21.0. The highest BCUT2D eigenvalue weighted by Crippen LogP contribution is 2.18. The predicted molar refractivity (Wildman–Crippen MR) is 100 cm³/mol. The zero-order valence-electron chi connectivity index (χ0n) is 15.8. The molecule has 0 aliphatic heterocycles. The van der Waals surface area contributed by atoms with Gasteiger partial charge in [0.15, 0.2) is 0 Å². The minimum atomic E-state index is -1.13. The van der Waals surface area contributed by atoms with Crippen LogP contribution in [-0.2, 0) is 17.9 Å². The first-order valence-corrected chi connectivity index (χ1v) is 8.86. The van der Waals surface area contributed by atoms with Crippen LogP contribution in [0.25, 0.3) is 0 Å². The van der Waals surface area contributed by atoms with Crippen molar-refractivity contribution in [2.24, 2.45) is 0 Å². The molecule has 0 spiro atoms. The number of anilines is 1. The largest absolute Gasteiger partial charge is 0.480 e. The molecule has 0 aliphatic rings. The van der Waals surface area contributed by atoms with Gasteiger partial charge in [-0.15, -0.1) is 0 Å². The lowest BCUT2D eigenvalue weighted by molar-refractivity contribution is -0.140. The Hall–Kier alpha value is -3.89. The molecule has 3 aromatic rings. The first-order valence-electron chi connectivity index (χ1n) is 8.86. The number of hydrogen-bond acceptors (Lipinski definition) is 6. The lowest BCUT2D eigenvalue weighted by atomic mass is 10.3. The Balaban J connectivity index is 1.80. The van der Waals surface area contributed by atoms with Gasteiger partial charge in [0.1, 0.15) is 23.2 Å². The van der Waals surface area contributed by atoms with Crippen molar-refractivity contribution in [3.8, 4) is 0 Å². The lowest BCUT2D eigenvalue weighted by Crippen LogP contribution is -2.28. The van der Waals surface area contributed by atoms with Crippen molar-refractivity contribution >= 4 is 23.5 Å². The van der Waals surface area contributed by atoms with Crippen molar-refractivity contribution in [2.75, 3.05) is 5.32 Å². The molecule has 152 valence electrons. The number of furan rings is 1. The van der Waals surface area contributed by atoms with E-state index in [0.717, 1.165) is 4.68 Å². The van der Waals surface area contributed by atoms with E-state index in [-0.39, 0.29) is 23.6 Å². The molecule has 0 aromatic carbocycles. The average molecular weight is 400 g/mol. The van der Waals surface area contributed by atoms with Crippen molar-refractivity contribution in [2.45, 2.75) is 33.0 Å². The van der Waals surface area contributed by atoms with Crippen LogP contribution < -0.4 is 10.6 Å². The highest BCUT2D eigenvalue weighted by molar-refractivity contribution is 6.07. The van der Waals surface area contributed by atoms with E-state index in [2.05, 4.69) is 20.8 Å². The first-order chi connectivity index (χ1) is 13.9. The van der Waals surface area contributed by atoms with Gasteiger partial charge in [-0.25, -0.2) is 9.48 Å². The van der Waals surface area contributed by atoms with Gasteiger partial charge >= 0.3 is 5.97 Å². The molecule has 0 saturated carbocycles. The molecule has 1 unspecified atom stereocenters. The molecule has 0 saturated heterocycles. The number of carboxylic acid groups (broad SMARTS) is 1. The molecule has 0 bridgehead atoms. The predicted octanol–water partition coefficient (Wildman–Crippen LogP) is 1.52. The van der Waals surface area contributed by atoms with Gasteiger partial charge in [0.2, 0.25) is 0 Å². The number of aliphatic carboxylic acids is 1. The second-order valence-corrected chi connectivity index (χ2v) is 6.11. The van der Waals surface area contributed by atoms with E-state index in [1.807, 2.05) is 6.92 Å². The van der Waals surface area contributed by atoms with Crippen molar-refractivity contribution in [1.82, 2.24) is 24.9 Å². The summed E-state index contributed by atoms with van der Waals surface area (Å²) in [7, 11) is 0. The van der Waals surface area contributed by atoms with Crippen LogP contribution >= 0.6 is 0 Å². The van der Waals surface area contributed by atoms with Crippen LogP contribution in [0.5, 0.6) is 0 Å². The van der Waals surface area contributed by atoms with E-state index in [1.54, 1.807) is 12.1 Å². The van der Waals surface area contributed by atoms with Crippen molar-refractivity contribution < 1.29 is 23.9 Å². The monoisotopic (exact) mass is 400 g/mol. The minimum absolute atomic E-state index is 0.0473. The molecule has 11 heteroatoms. The van der Waals surface area contributed by atoms with Gasteiger partial charge in [-0.2, -0.15) is 10.2 Å². The van der Waals surface area contributed by atoms with Gasteiger partial charge in [0.05, 0.1) is 24.7 Å². The van der Waals surface area contributed by atoms with Crippen LogP contribution in [0.4, 0.5) is 5.69 Å². The molecular weight excluding hydrogens is 380 g/mol. The number of aromatic nitrogens is 4. The van der Waals surface area contributed by atoms with Gasteiger partial charge in [-0.05, 0) is 32.0 Å². The van der Waals surface area contributed by atoms with Gasteiger partial charge in [-0.3, -0.25) is 14.3 Å². The van der Waals surface area contributed by atoms with Crippen LogP contribution in [0.1, 0.15) is 46.6 Å². The highest BCUT2D eigenvalue weighted by atomic mass is 16.4. The number of aryl methyl sites for hydroxylation is 1. The fraction of sp³-hybridized carbons (Fsp3) is 0.278. The van der Waals surface area contributed by atoms with Crippen molar-refractivity contribution in [3.63, 3.8) is 0 Å². The summed E-state index contributed by atoms with van der Waals surface area (Å²) >= 11 is 0. The maximum Gasteiger partial charge on any atom is 0.328 e. The van der Waals surface area contributed by atoms with Crippen LogP contribution in [0, 0.1) is 0 Å². The number of nitrogens with one attached hydrogen (secondary N) is 2. The summed E-state index contributed by atoms with van der Waals surface area (Å²) in [5.41, 5.74) is 0.417. The number of nitrogens with zero attached hydrogens (tertiary/aromatic N) is 4. The fourth-order valence-corrected chi connectivity index (χ4v) is 2.71. The number of carboxylic acids is 1. The third-order valence-corrected chi connectivity index (χ3v) is 4.23. The molecule has 3 N–H and O–H groups in total. The Morgan fingerprint density at radius 2 is 2.03 bits per heavy atom. The zero-order valence-corrected chi connectivity index (χ0v) is 15.8. The average Bonchev–Trinajstić information content (AvgIpc) is 3.45. The SMILES string of the molecule is CCn1ncc(NC(=O)c2ccnn2C(C)C(=O)O)c1C(=O)NCc1ccco1. The Bertz CT molecular complexity index is 1020. The number of rotatable bonds is 8. The van der Waals surface area contributed by atoms with Crippen LogP contribution in [-0.4, -0.2) is 42.5 Å². The summed E-state index contributed by atoms with van der Waals surface area (Å²) in [4.78, 5) is 36.6. The topological polar surface area (TPSA) is 144 Å². The Morgan fingerprint density at radius 3 is 2.69 bits per heavy atom. The molecule has 11 nitrogen and oxygen atoms in total. The summed E-state index contributed by atoms with van der Waals surface area (Å²) in [6, 6.07) is 3.81. The second-order valence-electron chi connectivity index (χ2n) is 6.11. The van der Waals surface area contributed by atoms with E-state index in [9.17, 15) is 19.5 Å².